The second-order valence-corrected chi connectivity index (χ2v) is 10.4. The molecule has 0 spiro atoms. The summed E-state index contributed by atoms with van der Waals surface area (Å²) in [5.74, 6) is -0.505. The van der Waals surface area contributed by atoms with Gasteiger partial charge >= 0.3 is 0 Å². The maximum Gasteiger partial charge on any atom is 0.243 e. The van der Waals surface area contributed by atoms with Crippen molar-refractivity contribution in [2.24, 2.45) is 11.8 Å². The standard InChI is InChI=1S/C22H24ClN3O4S/c23-17-5-11-20(12-6-17)31(29,30)26-13-1-2-16(14-26)22(28)25-19-9-7-18(8-10-19)24-21(27)15-3-4-15/h5-12,15-16H,1-4,13-14H2,(H,24,27)(H,25,28). The van der Waals surface area contributed by atoms with Gasteiger partial charge in [0, 0.05) is 35.4 Å². The highest BCUT2D eigenvalue weighted by Crippen LogP contribution is 2.30. The lowest BCUT2D eigenvalue weighted by Gasteiger charge is -2.31. The molecule has 0 radical (unpaired) electrons. The lowest BCUT2D eigenvalue weighted by atomic mass is 9.98. The molecule has 4 rings (SSSR count). The first-order chi connectivity index (χ1) is 14.8. The van der Waals surface area contributed by atoms with Crippen molar-refractivity contribution in [2.45, 2.75) is 30.6 Å². The van der Waals surface area contributed by atoms with Crippen molar-refractivity contribution < 1.29 is 18.0 Å². The summed E-state index contributed by atoms with van der Waals surface area (Å²) in [5.41, 5.74) is 1.29. The number of benzene rings is 2. The maximum absolute atomic E-state index is 12.9. The summed E-state index contributed by atoms with van der Waals surface area (Å²) >= 11 is 5.86. The van der Waals surface area contributed by atoms with Crippen LogP contribution in [0.3, 0.4) is 0 Å². The lowest BCUT2D eigenvalue weighted by Crippen LogP contribution is -2.43. The van der Waals surface area contributed by atoms with Crippen LogP contribution in [-0.2, 0) is 19.6 Å². The van der Waals surface area contributed by atoms with E-state index in [1.54, 1.807) is 36.4 Å². The van der Waals surface area contributed by atoms with Crippen LogP contribution in [0.1, 0.15) is 25.7 Å². The second-order valence-electron chi connectivity index (χ2n) is 7.99. The second kappa shape index (κ2) is 8.98. The molecule has 31 heavy (non-hydrogen) atoms. The number of amides is 2. The van der Waals surface area contributed by atoms with Crippen molar-refractivity contribution in [3.8, 4) is 0 Å². The average molecular weight is 462 g/mol. The zero-order valence-corrected chi connectivity index (χ0v) is 18.5. The van der Waals surface area contributed by atoms with E-state index in [1.807, 2.05) is 0 Å². The van der Waals surface area contributed by atoms with E-state index in [2.05, 4.69) is 10.6 Å². The fourth-order valence-corrected chi connectivity index (χ4v) is 5.25. The topological polar surface area (TPSA) is 95.6 Å². The summed E-state index contributed by atoms with van der Waals surface area (Å²) in [6.07, 6.45) is 3.10. The van der Waals surface area contributed by atoms with Crippen molar-refractivity contribution >= 4 is 44.8 Å². The Morgan fingerprint density at radius 2 is 1.39 bits per heavy atom. The van der Waals surface area contributed by atoms with E-state index in [0.717, 1.165) is 12.8 Å². The monoisotopic (exact) mass is 461 g/mol. The quantitative estimate of drug-likeness (QED) is 0.685. The minimum atomic E-state index is -3.68. The Morgan fingerprint density at radius 3 is 1.94 bits per heavy atom. The summed E-state index contributed by atoms with van der Waals surface area (Å²) in [4.78, 5) is 24.8. The van der Waals surface area contributed by atoms with Crippen LogP contribution in [0.25, 0.3) is 0 Å². The SMILES string of the molecule is O=C(Nc1ccc(NC(=O)C2CCCN(S(=O)(=O)c3ccc(Cl)cc3)C2)cc1)C1CC1. The van der Waals surface area contributed by atoms with Crippen molar-refractivity contribution in [1.82, 2.24) is 4.31 Å². The number of piperidine rings is 1. The van der Waals surface area contributed by atoms with Gasteiger partial charge in [0.15, 0.2) is 0 Å². The highest BCUT2D eigenvalue weighted by atomic mass is 35.5. The number of anilines is 2. The molecule has 1 atom stereocenters. The largest absolute Gasteiger partial charge is 0.326 e. The Hall–Kier alpha value is -2.42. The van der Waals surface area contributed by atoms with Gasteiger partial charge in [-0.2, -0.15) is 4.31 Å². The fourth-order valence-electron chi connectivity index (χ4n) is 3.60. The van der Waals surface area contributed by atoms with E-state index in [1.165, 1.54) is 16.4 Å². The molecule has 0 bridgehead atoms. The van der Waals surface area contributed by atoms with Gasteiger partial charge in [-0.05, 0) is 74.2 Å². The van der Waals surface area contributed by atoms with Gasteiger partial charge in [0.05, 0.1) is 10.8 Å². The number of nitrogens with zero attached hydrogens (tertiary/aromatic N) is 1. The van der Waals surface area contributed by atoms with E-state index < -0.39 is 15.9 Å². The zero-order valence-electron chi connectivity index (χ0n) is 16.9. The molecule has 1 saturated heterocycles. The zero-order chi connectivity index (χ0) is 22.0. The Kier molecular flexibility index (Phi) is 6.31. The molecule has 1 unspecified atom stereocenters. The van der Waals surface area contributed by atoms with E-state index in [0.29, 0.717) is 35.8 Å². The molecule has 1 aliphatic heterocycles. The van der Waals surface area contributed by atoms with Gasteiger partial charge in [-0.15, -0.1) is 0 Å². The Bertz CT molecular complexity index is 1070. The molecule has 1 saturated carbocycles. The third-order valence-corrected chi connectivity index (χ3v) is 7.71. The van der Waals surface area contributed by atoms with Crippen LogP contribution in [0.15, 0.2) is 53.4 Å². The summed E-state index contributed by atoms with van der Waals surface area (Å²) in [7, 11) is -3.68. The summed E-state index contributed by atoms with van der Waals surface area (Å²) in [6, 6.07) is 13.0. The van der Waals surface area contributed by atoms with Gasteiger partial charge in [0.25, 0.3) is 0 Å². The third kappa shape index (κ3) is 5.26. The molecule has 7 nitrogen and oxygen atoms in total. The molecule has 2 N–H and O–H groups in total. The molecule has 2 aromatic carbocycles. The number of nitrogens with one attached hydrogen (secondary N) is 2. The fraction of sp³-hybridized carbons (Fsp3) is 0.364. The van der Waals surface area contributed by atoms with Crippen LogP contribution >= 0.6 is 11.6 Å². The molecule has 164 valence electrons. The van der Waals surface area contributed by atoms with Crippen LogP contribution in [0, 0.1) is 11.8 Å². The van der Waals surface area contributed by atoms with Crippen LogP contribution in [0.5, 0.6) is 0 Å². The molecule has 1 heterocycles. The Labute approximate surface area is 186 Å². The van der Waals surface area contributed by atoms with E-state index in [-0.39, 0.29) is 29.2 Å². The number of hydrogen-bond donors (Lipinski definition) is 2. The van der Waals surface area contributed by atoms with Gasteiger partial charge in [-0.3, -0.25) is 9.59 Å². The molecule has 1 aliphatic carbocycles. The number of carbonyl (C=O) groups excluding carboxylic acids is 2. The first-order valence-corrected chi connectivity index (χ1v) is 12.1. The summed E-state index contributed by atoms with van der Waals surface area (Å²) < 4.78 is 27.2. The Balaban J connectivity index is 1.37. The smallest absolute Gasteiger partial charge is 0.243 e. The molecule has 2 amide bonds. The highest BCUT2D eigenvalue weighted by Gasteiger charge is 2.33. The van der Waals surface area contributed by atoms with E-state index in [9.17, 15) is 18.0 Å². The van der Waals surface area contributed by atoms with Crippen molar-refractivity contribution in [3.63, 3.8) is 0 Å². The normalized spacial score (nSPS) is 19.6. The molecule has 2 fully saturated rings. The summed E-state index contributed by atoms with van der Waals surface area (Å²) in [6.45, 7) is 0.510. The highest BCUT2D eigenvalue weighted by molar-refractivity contribution is 7.89. The van der Waals surface area contributed by atoms with Gasteiger partial charge < -0.3 is 10.6 Å². The molecule has 0 aromatic heterocycles. The minimum absolute atomic E-state index is 0.0287. The van der Waals surface area contributed by atoms with Crippen molar-refractivity contribution in [1.29, 1.82) is 0 Å². The lowest BCUT2D eigenvalue weighted by molar-refractivity contribution is -0.121. The Morgan fingerprint density at radius 1 is 0.839 bits per heavy atom. The summed E-state index contributed by atoms with van der Waals surface area (Å²) in [5, 5.41) is 6.18. The van der Waals surface area contributed by atoms with Crippen LogP contribution in [-0.4, -0.2) is 37.6 Å². The average Bonchev–Trinajstić information content (AvgIpc) is 3.61. The minimum Gasteiger partial charge on any atom is -0.326 e. The van der Waals surface area contributed by atoms with Gasteiger partial charge in [0.1, 0.15) is 0 Å². The van der Waals surface area contributed by atoms with E-state index >= 15 is 0 Å². The first-order valence-electron chi connectivity index (χ1n) is 10.3. The molecular weight excluding hydrogens is 438 g/mol. The van der Waals surface area contributed by atoms with Crippen LogP contribution in [0.2, 0.25) is 5.02 Å². The molecule has 9 heteroatoms. The molecule has 2 aliphatic rings. The van der Waals surface area contributed by atoms with Crippen molar-refractivity contribution in [3.05, 3.63) is 53.6 Å². The number of rotatable bonds is 6. The van der Waals surface area contributed by atoms with Gasteiger partial charge in [-0.25, -0.2) is 8.42 Å². The molecule has 2 aromatic rings. The number of carbonyl (C=O) groups is 2. The first kappa shape index (κ1) is 21.8. The predicted octanol–water partition coefficient (Wildman–Crippen LogP) is 3.73. The van der Waals surface area contributed by atoms with E-state index in [4.69, 9.17) is 11.6 Å². The number of sulfonamides is 1. The number of hydrogen-bond acceptors (Lipinski definition) is 4. The molecular formula is C22H24ClN3O4S. The maximum atomic E-state index is 12.9. The van der Waals surface area contributed by atoms with Crippen LogP contribution in [0.4, 0.5) is 11.4 Å². The third-order valence-electron chi connectivity index (χ3n) is 5.57. The van der Waals surface area contributed by atoms with Crippen LogP contribution < -0.4 is 10.6 Å². The van der Waals surface area contributed by atoms with Gasteiger partial charge in [-0.1, -0.05) is 11.6 Å². The van der Waals surface area contributed by atoms with Gasteiger partial charge in [0.2, 0.25) is 21.8 Å². The number of halogens is 1. The predicted molar refractivity (Wildman–Crippen MR) is 119 cm³/mol. The van der Waals surface area contributed by atoms with Crippen molar-refractivity contribution in [2.75, 3.05) is 23.7 Å².